The van der Waals surface area contributed by atoms with Crippen molar-refractivity contribution >= 4 is 11.6 Å². The van der Waals surface area contributed by atoms with Crippen LogP contribution in [0.2, 0.25) is 0 Å². The fraction of sp³-hybridized carbons (Fsp3) is 0.412. The minimum atomic E-state index is -0.768. The zero-order valence-electron chi connectivity index (χ0n) is 14.7. The van der Waals surface area contributed by atoms with Gasteiger partial charge in [-0.2, -0.15) is 5.10 Å². The predicted molar refractivity (Wildman–Crippen MR) is 91.0 cm³/mol. The van der Waals surface area contributed by atoms with E-state index in [0.29, 0.717) is 13.1 Å². The monoisotopic (exact) mass is 348 g/mol. The van der Waals surface area contributed by atoms with E-state index in [1.165, 1.54) is 6.92 Å². The Morgan fingerprint density at radius 1 is 1.36 bits per heavy atom. The normalized spacial score (nSPS) is 12.0. The van der Waals surface area contributed by atoms with E-state index in [1.54, 1.807) is 0 Å². The molecular formula is C17H21FN4O3. The number of rotatable bonds is 6. The molecule has 134 valence electrons. The van der Waals surface area contributed by atoms with Gasteiger partial charge in [0.05, 0.1) is 16.2 Å². The maximum absolute atomic E-state index is 13.8. The Morgan fingerprint density at radius 2 is 2.04 bits per heavy atom. The molecule has 25 heavy (non-hydrogen) atoms. The van der Waals surface area contributed by atoms with Crippen LogP contribution in [-0.2, 0) is 6.54 Å². The van der Waals surface area contributed by atoms with Crippen LogP contribution >= 0.6 is 0 Å². The number of hydrogen-bond acceptors (Lipinski definition) is 4. The van der Waals surface area contributed by atoms with Gasteiger partial charge in [0.15, 0.2) is 0 Å². The summed E-state index contributed by atoms with van der Waals surface area (Å²) >= 11 is 0. The Kier molecular flexibility index (Phi) is 5.51. The Bertz CT molecular complexity index is 816. The molecule has 1 heterocycles. The number of carbonyl (C=O) groups excluding carboxylic acids is 1. The molecule has 0 aliphatic rings. The average molecular weight is 348 g/mol. The highest BCUT2D eigenvalue weighted by atomic mass is 19.1. The summed E-state index contributed by atoms with van der Waals surface area (Å²) < 4.78 is 15.7. The van der Waals surface area contributed by atoms with Gasteiger partial charge in [0.25, 0.3) is 11.6 Å². The molecule has 1 amide bonds. The molecule has 0 saturated heterocycles. The van der Waals surface area contributed by atoms with Crippen LogP contribution in [0.3, 0.4) is 0 Å². The fourth-order valence-corrected chi connectivity index (χ4v) is 2.57. The van der Waals surface area contributed by atoms with Crippen LogP contribution in [0.15, 0.2) is 18.2 Å². The molecule has 0 aliphatic heterocycles. The minimum Gasteiger partial charge on any atom is -0.352 e. The summed E-state index contributed by atoms with van der Waals surface area (Å²) in [6, 6.07) is 4.09. The van der Waals surface area contributed by atoms with Crippen LogP contribution in [-0.4, -0.2) is 27.2 Å². The van der Waals surface area contributed by atoms with Gasteiger partial charge >= 0.3 is 0 Å². The minimum absolute atomic E-state index is 0.0619. The number of nitro benzene ring substituents is 1. The number of amides is 1. The third kappa shape index (κ3) is 4.40. The molecule has 2 rings (SSSR count). The van der Waals surface area contributed by atoms with Gasteiger partial charge in [-0.15, -0.1) is 0 Å². The largest absolute Gasteiger partial charge is 0.352 e. The lowest BCUT2D eigenvalue weighted by Gasteiger charge is -2.14. The summed E-state index contributed by atoms with van der Waals surface area (Å²) in [5.74, 6) is -1.22. The van der Waals surface area contributed by atoms with E-state index in [9.17, 15) is 19.3 Å². The topological polar surface area (TPSA) is 90.1 Å². The van der Waals surface area contributed by atoms with Crippen LogP contribution in [0.1, 0.15) is 34.2 Å². The highest BCUT2D eigenvalue weighted by Gasteiger charge is 2.19. The van der Waals surface area contributed by atoms with Crippen LogP contribution in [0, 0.1) is 42.6 Å². The van der Waals surface area contributed by atoms with Crippen LogP contribution in [0.25, 0.3) is 0 Å². The van der Waals surface area contributed by atoms with Crippen molar-refractivity contribution in [3.8, 4) is 0 Å². The summed E-state index contributed by atoms with van der Waals surface area (Å²) in [7, 11) is 0. The molecule has 0 unspecified atom stereocenters. The van der Waals surface area contributed by atoms with Gasteiger partial charge in [-0.1, -0.05) is 6.92 Å². The molecule has 2 aromatic rings. The molecule has 7 nitrogen and oxygen atoms in total. The number of benzene rings is 1. The SMILES string of the molecule is Cc1cc(C)n(C[C@H](C)CNC(=O)c2cc(F)c(C)c([N+](=O)[O-])c2)n1. The lowest BCUT2D eigenvalue weighted by molar-refractivity contribution is -0.385. The molecule has 8 heteroatoms. The van der Waals surface area contributed by atoms with E-state index in [-0.39, 0.29) is 17.0 Å². The Morgan fingerprint density at radius 3 is 2.60 bits per heavy atom. The van der Waals surface area contributed by atoms with Crippen molar-refractivity contribution in [1.82, 2.24) is 15.1 Å². The van der Waals surface area contributed by atoms with E-state index in [4.69, 9.17) is 0 Å². The lowest BCUT2D eigenvalue weighted by Crippen LogP contribution is -2.30. The number of aryl methyl sites for hydroxylation is 2. The van der Waals surface area contributed by atoms with Crippen molar-refractivity contribution in [2.24, 2.45) is 5.92 Å². The van der Waals surface area contributed by atoms with Crippen molar-refractivity contribution < 1.29 is 14.1 Å². The van der Waals surface area contributed by atoms with Crippen molar-refractivity contribution in [2.75, 3.05) is 6.54 Å². The number of nitrogens with one attached hydrogen (secondary N) is 1. The second kappa shape index (κ2) is 7.42. The molecular weight excluding hydrogens is 327 g/mol. The second-order valence-electron chi connectivity index (χ2n) is 6.28. The zero-order chi connectivity index (χ0) is 18.7. The molecule has 1 atom stereocenters. The Hall–Kier alpha value is -2.77. The highest BCUT2D eigenvalue weighted by Crippen LogP contribution is 2.22. The number of nitro groups is 1. The molecule has 0 spiro atoms. The molecule has 0 aliphatic carbocycles. The van der Waals surface area contributed by atoms with Crippen LogP contribution < -0.4 is 5.32 Å². The lowest BCUT2D eigenvalue weighted by atomic mass is 10.1. The first-order valence-electron chi connectivity index (χ1n) is 7.92. The van der Waals surface area contributed by atoms with E-state index >= 15 is 0 Å². The number of halogens is 1. The van der Waals surface area contributed by atoms with Gasteiger partial charge in [0, 0.05) is 30.4 Å². The molecule has 1 N–H and O–H groups in total. The van der Waals surface area contributed by atoms with Crippen LogP contribution in [0.4, 0.5) is 10.1 Å². The first-order valence-corrected chi connectivity index (χ1v) is 7.92. The maximum atomic E-state index is 13.8. The summed E-state index contributed by atoms with van der Waals surface area (Å²) in [4.78, 5) is 22.4. The van der Waals surface area contributed by atoms with Crippen LogP contribution in [0.5, 0.6) is 0 Å². The van der Waals surface area contributed by atoms with E-state index in [2.05, 4.69) is 10.4 Å². The van der Waals surface area contributed by atoms with Gasteiger partial charge in [0.1, 0.15) is 5.82 Å². The summed E-state index contributed by atoms with van der Waals surface area (Å²) in [5, 5.41) is 18.0. The molecule has 0 saturated carbocycles. The molecule has 0 bridgehead atoms. The molecule has 1 aromatic heterocycles. The number of nitrogens with zero attached hydrogens (tertiary/aromatic N) is 3. The van der Waals surface area contributed by atoms with Crippen molar-refractivity contribution in [3.63, 3.8) is 0 Å². The van der Waals surface area contributed by atoms with E-state index in [0.717, 1.165) is 23.5 Å². The first-order chi connectivity index (χ1) is 11.7. The predicted octanol–water partition coefficient (Wildman–Crippen LogP) is 2.92. The summed E-state index contributed by atoms with van der Waals surface area (Å²) in [6.07, 6.45) is 0. The van der Waals surface area contributed by atoms with Gasteiger partial charge in [-0.25, -0.2) is 4.39 Å². The van der Waals surface area contributed by atoms with Gasteiger partial charge in [-0.3, -0.25) is 19.6 Å². The Balaban J connectivity index is 2.02. The zero-order valence-corrected chi connectivity index (χ0v) is 14.7. The van der Waals surface area contributed by atoms with Crippen molar-refractivity contribution in [1.29, 1.82) is 0 Å². The second-order valence-corrected chi connectivity index (χ2v) is 6.28. The highest BCUT2D eigenvalue weighted by molar-refractivity contribution is 5.95. The number of aromatic nitrogens is 2. The first kappa shape index (κ1) is 18.6. The standard InChI is InChI=1S/C17H21FN4O3/c1-10(9-21-12(3)5-11(2)20-21)8-19-17(23)14-6-15(18)13(4)16(7-14)22(24)25/h5-7,10H,8-9H2,1-4H3,(H,19,23)/t10-/m1/s1. The maximum Gasteiger partial charge on any atom is 0.276 e. The van der Waals surface area contributed by atoms with Crippen molar-refractivity contribution in [2.45, 2.75) is 34.2 Å². The third-order valence-corrected chi connectivity index (χ3v) is 3.97. The average Bonchev–Trinajstić information content (AvgIpc) is 2.84. The van der Waals surface area contributed by atoms with E-state index in [1.807, 2.05) is 31.5 Å². The van der Waals surface area contributed by atoms with Gasteiger partial charge < -0.3 is 5.32 Å². The van der Waals surface area contributed by atoms with E-state index < -0.39 is 22.3 Å². The number of hydrogen-bond donors (Lipinski definition) is 1. The Labute approximate surface area is 145 Å². The quantitative estimate of drug-likeness (QED) is 0.642. The molecule has 0 radical (unpaired) electrons. The summed E-state index contributed by atoms with van der Waals surface area (Å²) in [5.41, 5.74) is 1.41. The van der Waals surface area contributed by atoms with Gasteiger partial charge in [-0.05, 0) is 38.8 Å². The molecule has 1 aromatic carbocycles. The smallest absolute Gasteiger partial charge is 0.276 e. The number of carbonyl (C=O) groups is 1. The molecule has 0 fully saturated rings. The van der Waals surface area contributed by atoms with Gasteiger partial charge in [0.2, 0.25) is 0 Å². The van der Waals surface area contributed by atoms with Crippen molar-refractivity contribution in [3.05, 3.63) is 56.6 Å². The summed E-state index contributed by atoms with van der Waals surface area (Å²) in [6.45, 7) is 8.11. The fourth-order valence-electron chi connectivity index (χ4n) is 2.57. The third-order valence-electron chi connectivity index (χ3n) is 3.97.